The summed E-state index contributed by atoms with van der Waals surface area (Å²) in [5.74, 6) is 0. The van der Waals surface area contributed by atoms with Crippen molar-refractivity contribution < 1.29 is 0 Å². The lowest BCUT2D eigenvalue weighted by Crippen LogP contribution is -2.47. The molecule has 1 aliphatic heterocycles. The summed E-state index contributed by atoms with van der Waals surface area (Å²) in [4.78, 5) is 6.14. The molecule has 1 saturated heterocycles. The summed E-state index contributed by atoms with van der Waals surface area (Å²) < 4.78 is 0. The Kier molecular flexibility index (Phi) is 6.82. The van der Waals surface area contributed by atoms with Crippen molar-refractivity contribution >= 4 is 33.6 Å². The molecule has 0 unspecified atom stereocenters. The summed E-state index contributed by atoms with van der Waals surface area (Å²) in [6.07, 6.45) is 6.46. The maximum Gasteiger partial charge on any atom is 0.102 e. The van der Waals surface area contributed by atoms with E-state index in [2.05, 4.69) is 53.4 Å². The van der Waals surface area contributed by atoms with E-state index < -0.39 is 0 Å². The molecule has 1 aromatic rings. The summed E-state index contributed by atoms with van der Waals surface area (Å²) >= 11 is 8.06. The average Bonchev–Trinajstić information content (AvgIpc) is 2.99. The SMILES string of the molecule is C=C(CN1CCN(CC2=C(Cl)CCC=C2)CC1)Nc1sc(C)cc1C(=C)N. The number of nitrogens with one attached hydrogen (secondary N) is 1. The van der Waals surface area contributed by atoms with Crippen LogP contribution in [-0.2, 0) is 0 Å². The van der Waals surface area contributed by atoms with Gasteiger partial charge in [0.1, 0.15) is 5.00 Å². The largest absolute Gasteiger partial charge is 0.399 e. The maximum atomic E-state index is 6.37. The molecule has 0 saturated carbocycles. The predicted octanol–water partition coefficient (Wildman–Crippen LogP) is 4.37. The fourth-order valence-corrected chi connectivity index (χ4v) is 4.71. The lowest BCUT2D eigenvalue weighted by Gasteiger charge is -2.35. The lowest BCUT2D eigenvalue weighted by molar-refractivity contribution is 0.150. The minimum Gasteiger partial charge on any atom is -0.399 e. The Balaban J connectivity index is 1.47. The number of anilines is 1. The van der Waals surface area contributed by atoms with Crippen molar-refractivity contribution in [2.45, 2.75) is 19.8 Å². The number of hydrogen-bond acceptors (Lipinski definition) is 5. The number of piperazine rings is 1. The molecule has 1 aromatic heterocycles. The Morgan fingerprint density at radius 2 is 1.96 bits per heavy atom. The van der Waals surface area contributed by atoms with Crippen LogP contribution in [0.25, 0.3) is 5.70 Å². The van der Waals surface area contributed by atoms with Crippen LogP contribution in [0.2, 0.25) is 0 Å². The molecule has 4 nitrogen and oxygen atoms in total. The minimum absolute atomic E-state index is 0.591. The van der Waals surface area contributed by atoms with Crippen molar-refractivity contribution in [1.82, 2.24) is 9.80 Å². The number of thiophene rings is 1. The molecule has 0 atom stereocenters. The average molecular weight is 405 g/mol. The molecule has 0 bridgehead atoms. The van der Waals surface area contributed by atoms with E-state index in [1.54, 1.807) is 11.3 Å². The van der Waals surface area contributed by atoms with Crippen molar-refractivity contribution in [3.63, 3.8) is 0 Å². The van der Waals surface area contributed by atoms with Crippen molar-refractivity contribution in [2.24, 2.45) is 5.73 Å². The van der Waals surface area contributed by atoms with Crippen LogP contribution in [0.5, 0.6) is 0 Å². The zero-order chi connectivity index (χ0) is 19.4. The summed E-state index contributed by atoms with van der Waals surface area (Å²) in [5.41, 5.74) is 9.75. The highest BCUT2D eigenvalue weighted by Crippen LogP contribution is 2.31. The van der Waals surface area contributed by atoms with Gasteiger partial charge in [-0.05, 0) is 31.4 Å². The van der Waals surface area contributed by atoms with Crippen LogP contribution in [0.1, 0.15) is 23.3 Å². The zero-order valence-corrected chi connectivity index (χ0v) is 17.6. The van der Waals surface area contributed by atoms with E-state index >= 15 is 0 Å². The number of hydrogen-bond donors (Lipinski definition) is 2. The number of aryl methyl sites for hydroxylation is 1. The second-order valence-corrected chi connectivity index (χ2v) is 8.99. The van der Waals surface area contributed by atoms with Crippen LogP contribution >= 0.6 is 22.9 Å². The number of allylic oxidation sites excluding steroid dienone is 2. The standard InChI is InChI=1S/C21H29ClN4S/c1-15(24-21-19(17(3)23)12-16(2)27-21)13-25-8-10-26(11-9-25)14-18-6-4-5-7-20(18)22/h4,6,12,24H,1,3,5,7-11,13-14,23H2,2H3. The molecule has 0 spiro atoms. The van der Waals surface area contributed by atoms with Gasteiger partial charge in [0.25, 0.3) is 0 Å². The van der Waals surface area contributed by atoms with E-state index in [1.807, 2.05) is 0 Å². The van der Waals surface area contributed by atoms with Crippen molar-refractivity contribution in [3.05, 3.63) is 58.1 Å². The third kappa shape index (κ3) is 5.48. The number of rotatable bonds is 7. The molecular formula is C21H29ClN4S. The highest BCUT2D eigenvalue weighted by molar-refractivity contribution is 7.16. The van der Waals surface area contributed by atoms with Gasteiger partial charge in [-0.2, -0.15) is 0 Å². The quantitative estimate of drug-likeness (QED) is 0.708. The first kappa shape index (κ1) is 20.2. The first-order valence-corrected chi connectivity index (χ1v) is 10.6. The second-order valence-electron chi connectivity index (χ2n) is 7.28. The van der Waals surface area contributed by atoms with Gasteiger partial charge in [0.15, 0.2) is 0 Å². The highest BCUT2D eigenvalue weighted by atomic mass is 35.5. The first-order valence-electron chi connectivity index (χ1n) is 9.41. The second kappa shape index (κ2) is 9.11. The molecule has 0 radical (unpaired) electrons. The molecule has 3 rings (SSSR count). The van der Waals surface area contributed by atoms with E-state index in [4.69, 9.17) is 17.3 Å². The molecule has 6 heteroatoms. The van der Waals surface area contributed by atoms with Crippen molar-refractivity contribution in [3.8, 4) is 0 Å². The smallest absolute Gasteiger partial charge is 0.102 e. The molecule has 2 heterocycles. The summed E-state index contributed by atoms with van der Waals surface area (Å²) in [5, 5.41) is 5.50. The van der Waals surface area contributed by atoms with Crippen molar-refractivity contribution in [1.29, 1.82) is 0 Å². The molecule has 27 heavy (non-hydrogen) atoms. The van der Waals surface area contributed by atoms with Crippen molar-refractivity contribution in [2.75, 3.05) is 44.6 Å². The molecule has 1 fully saturated rings. The van der Waals surface area contributed by atoms with E-state index in [0.29, 0.717) is 5.70 Å². The summed E-state index contributed by atoms with van der Waals surface area (Å²) in [6.45, 7) is 16.1. The van der Waals surface area contributed by atoms with Crippen LogP contribution in [0.3, 0.4) is 0 Å². The fraction of sp³-hybridized carbons (Fsp3) is 0.429. The Morgan fingerprint density at radius 1 is 1.26 bits per heavy atom. The van der Waals surface area contributed by atoms with E-state index in [0.717, 1.165) is 73.4 Å². The Morgan fingerprint density at radius 3 is 2.63 bits per heavy atom. The number of nitrogens with zero attached hydrogens (tertiary/aromatic N) is 2. The molecule has 1 aliphatic carbocycles. The molecule has 2 aliphatic rings. The van der Waals surface area contributed by atoms with Crippen LogP contribution in [0, 0.1) is 6.92 Å². The zero-order valence-electron chi connectivity index (χ0n) is 16.1. The lowest BCUT2D eigenvalue weighted by atomic mass is 10.1. The Bertz CT molecular complexity index is 769. The van der Waals surface area contributed by atoms with E-state index in [9.17, 15) is 0 Å². The van der Waals surface area contributed by atoms with Crippen LogP contribution in [-0.4, -0.2) is 49.1 Å². The predicted molar refractivity (Wildman–Crippen MR) is 119 cm³/mol. The van der Waals surface area contributed by atoms with Gasteiger partial charge in [0.2, 0.25) is 0 Å². The van der Waals surface area contributed by atoms with Gasteiger partial charge in [-0.15, -0.1) is 11.3 Å². The third-order valence-corrected chi connectivity index (χ3v) is 6.36. The monoisotopic (exact) mass is 404 g/mol. The summed E-state index contributed by atoms with van der Waals surface area (Å²) in [6, 6.07) is 2.07. The molecule has 0 amide bonds. The Hall–Kier alpha value is -1.53. The number of halogens is 1. The molecule has 0 aromatic carbocycles. The van der Waals surface area contributed by atoms with Gasteiger partial charge in [0, 0.05) is 66.1 Å². The van der Waals surface area contributed by atoms with Crippen LogP contribution in [0.15, 0.2) is 47.7 Å². The van der Waals surface area contributed by atoms with Crippen LogP contribution < -0.4 is 11.1 Å². The van der Waals surface area contributed by atoms with E-state index in [1.165, 1.54) is 10.5 Å². The van der Waals surface area contributed by atoms with E-state index in [-0.39, 0.29) is 0 Å². The topological polar surface area (TPSA) is 44.5 Å². The molecular weight excluding hydrogens is 376 g/mol. The van der Waals surface area contributed by atoms with Gasteiger partial charge < -0.3 is 11.1 Å². The Labute approximate surface area is 171 Å². The summed E-state index contributed by atoms with van der Waals surface area (Å²) in [7, 11) is 0. The van der Waals surface area contributed by atoms with Gasteiger partial charge in [-0.25, -0.2) is 0 Å². The maximum absolute atomic E-state index is 6.37. The van der Waals surface area contributed by atoms with Gasteiger partial charge in [-0.3, -0.25) is 9.80 Å². The highest BCUT2D eigenvalue weighted by Gasteiger charge is 2.19. The minimum atomic E-state index is 0.591. The van der Waals surface area contributed by atoms with Gasteiger partial charge in [-0.1, -0.05) is 36.9 Å². The van der Waals surface area contributed by atoms with Gasteiger partial charge in [0.05, 0.1) is 0 Å². The molecule has 146 valence electrons. The molecule has 3 N–H and O–H groups in total. The van der Waals surface area contributed by atoms with Gasteiger partial charge >= 0.3 is 0 Å². The van der Waals surface area contributed by atoms with Crippen LogP contribution in [0.4, 0.5) is 5.00 Å². The fourth-order valence-electron chi connectivity index (χ4n) is 3.49. The third-order valence-electron chi connectivity index (χ3n) is 4.96. The normalized spacial score (nSPS) is 18.7. The number of nitrogens with two attached hydrogens (primary N) is 1. The first-order chi connectivity index (χ1) is 12.9.